The molecule has 2 aromatic rings. The number of anilines is 2. The molecule has 1 aromatic carbocycles. The Kier molecular flexibility index (Phi) is 6.46. The summed E-state index contributed by atoms with van der Waals surface area (Å²) in [4.78, 5) is 31.9. The summed E-state index contributed by atoms with van der Waals surface area (Å²) in [5.41, 5.74) is 4.10. The van der Waals surface area contributed by atoms with E-state index in [1.165, 1.54) is 28.9 Å². The molecule has 0 unspecified atom stereocenters. The maximum absolute atomic E-state index is 12.4. The molecule has 6 nitrogen and oxygen atoms in total. The quantitative estimate of drug-likeness (QED) is 0.780. The number of methoxy groups -OCH3 is 1. The van der Waals surface area contributed by atoms with Crippen molar-refractivity contribution in [3.8, 4) is 0 Å². The van der Waals surface area contributed by atoms with Crippen LogP contribution in [0.3, 0.4) is 0 Å². The number of likely N-dealkylation sites (tertiary alicyclic amines) is 1. The van der Waals surface area contributed by atoms with Crippen LogP contribution in [0.1, 0.15) is 36.6 Å². The van der Waals surface area contributed by atoms with Crippen LogP contribution in [0.15, 0.2) is 23.6 Å². The van der Waals surface area contributed by atoms with Crippen LogP contribution in [0, 0.1) is 19.8 Å². The molecule has 3 rings (SSSR count). The van der Waals surface area contributed by atoms with Crippen LogP contribution in [0.25, 0.3) is 0 Å². The number of benzene rings is 1. The van der Waals surface area contributed by atoms with Crippen molar-refractivity contribution in [3.63, 3.8) is 0 Å². The SMILES string of the molecule is COC(=O)C1CC[NH+](Cc2csc(N(C(C)=O)c3ccc(C)cc3C)n2)CC1. The molecule has 1 aromatic heterocycles. The number of quaternary nitrogens is 1. The number of carbonyl (C=O) groups excluding carboxylic acids is 2. The highest BCUT2D eigenvalue weighted by Gasteiger charge is 2.29. The number of hydrogen-bond acceptors (Lipinski definition) is 5. The molecule has 1 aliphatic rings. The molecule has 1 amide bonds. The van der Waals surface area contributed by atoms with Gasteiger partial charge in [0.25, 0.3) is 0 Å². The second-order valence-corrected chi connectivity index (χ2v) is 8.33. The molecule has 0 atom stereocenters. The van der Waals surface area contributed by atoms with Gasteiger partial charge in [0.2, 0.25) is 5.91 Å². The van der Waals surface area contributed by atoms with Gasteiger partial charge < -0.3 is 9.64 Å². The van der Waals surface area contributed by atoms with E-state index in [-0.39, 0.29) is 17.8 Å². The van der Waals surface area contributed by atoms with Gasteiger partial charge in [-0.05, 0) is 25.5 Å². The van der Waals surface area contributed by atoms with Crippen molar-refractivity contribution in [2.24, 2.45) is 5.92 Å². The lowest BCUT2D eigenvalue weighted by Crippen LogP contribution is -3.11. The zero-order valence-electron chi connectivity index (χ0n) is 16.9. The lowest BCUT2D eigenvalue weighted by Gasteiger charge is -2.27. The van der Waals surface area contributed by atoms with Crippen molar-refractivity contribution < 1.29 is 19.2 Å². The van der Waals surface area contributed by atoms with Gasteiger partial charge in [-0.25, -0.2) is 4.98 Å². The normalized spacial score (nSPS) is 19.3. The monoisotopic (exact) mass is 402 g/mol. The first-order valence-electron chi connectivity index (χ1n) is 9.62. The van der Waals surface area contributed by atoms with Gasteiger partial charge in [-0.2, -0.15) is 0 Å². The molecular formula is C21H28N3O3S+. The second-order valence-electron chi connectivity index (χ2n) is 7.49. The Morgan fingerprint density at radius 1 is 1.29 bits per heavy atom. The van der Waals surface area contributed by atoms with Crippen molar-refractivity contribution in [2.45, 2.75) is 40.2 Å². The Balaban J connectivity index is 1.70. The number of nitrogens with one attached hydrogen (secondary N) is 1. The molecular weight excluding hydrogens is 374 g/mol. The van der Waals surface area contributed by atoms with Crippen molar-refractivity contribution in [1.29, 1.82) is 0 Å². The van der Waals surface area contributed by atoms with Gasteiger partial charge in [-0.3, -0.25) is 14.5 Å². The largest absolute Gasteiger partial charge is 0.469 e. The molecule has 150 valence electrons. The molecule has 28 heavy (non-hydrogen) atoms. The average Bonchev–Trinajstić information content (AvgIpc) is 3.11. The number of esters is 1. The summed E-state index contributed by atoms with van der Waals surface area (Å²) in [5.74, 6) is -0.114. The molecule has 7 heteroatoms. The Hall–Kier alpha value is -2.25. The highest BCUT2D eigenvalue weighted by Crippen LogP contribution is 2.31. The van der Waals surface area contributed by atoms with Gasteiger partial charge in [-0.15, -0.1) is 11.3 Å². The summed E-state index contributed by atoms with van der Waals surface area (Å²) in [5, 5.41) is 2.74. The number of aromatic nitrogens is 1. The number of thiazole rings is 1. The lowest BCUT2D eigenvalue weighted by molar-refractivity contribution is -0.919. The first-order valence-corrected chi connectivity index (χ1v) is 10.5. The van der Waals surface area contributed by atoms with Crippen LogP contribution in [-0.2, 0) is 20.9 Å². The van der Waals surface area contributed by atoms with E-state index in [9.17, 15) is 9.59 Å². The minimum atomic E-state index is -0.0967. The predicted molar refractivity (Wildman–Crippen MR) is 110 cm³/mol. The van der Waals surface area contributed by atoms with Crippen molar-refractivity contribution >= 4 is 34.0 Å². The number of hydrogen-bond donors (Lipinski definition) is 1. The summed E-state index contributed by atoms with van der Waals surface area (Å²) in [6.07, 6.45) is 1.70. The van der Waals surface area contributed by atoms with E-state index in [0.29, 0.717) is 5.13 Å². The molecule has 2 heterocycles. The Labute approximate surface area is 170 Å². The van der Waals surface area contributed by atoms with Gasteiger partial charge >= 0.3 is 5.97 Å². The zero-order valence-corrected chi connectivity index (χ0v) is 17.8. The number of ether oxygens (including phenoxy) is 1. The van der Waals surface area contributed by atoms with Crippen LogP contribution in [0.5, 0.6) is 0 Å². The second kappa shape index (κ2) is 8.84. The standard InChI is InChI=1S/C21H27N3O3S/c1-14-5-6-19(15(2)11-14)24(16(3)25)21-22-18(13-28-21)12-23-9-7-17(8-10-23)20(26)27-4/h5-6,11,13,17H,7-10,12H2,1-4H3/p+1. The van der Waals surface area contributed by atoms with Crippen LogP contribution in [0.4, 0.5) is 10.8 Å². The predicted octanol–water partition coefficient (Wildman–Crippen LogP) is 2.41. The van der Waals surface area contributed by atoms with E-state index in [1.54, 1.807) is 11.8 Å². The number of nitrogens with zero attached hydrogens (tertiary/aromatic N) is 2. The van der Waals surface area contributed by atoms with E-state index >= 15 is 0 Å². The Morgan fingerprint density at radius 3 is 2.61 bits per heavy atom. The van der Waals surface area contributed by atoms with Crippen LogP contribution in [0.2, 0.25) is 0 Å². The summed E-state index contributed by atoms with van der Waals surface area (Å²) in [7, 11) is 1.45. The van der Waals surface area contributed by atoms with Crippen LogP contribution in [-0.4, -0.2) is 37.1 Å². The maximum Gasteiger partial charge on any atom is 0.309 e. The van der Waals surface area contributed by atoms with Gasteiger partial charge in [0, 0.05) is 25.1 Å². The first kappa shape index (κ1) is 20.5. The third-order valence-electron chi connectivity index (χ3n) is 5.30. The number of carbonyl (C=O) groups is 2. The van der Waals surface area contributed by atoms with Gasteiger partial charge in [0.05, 0.1) is 31.8 Å². The number of rotatable bonds is 5. The lowest BCUT2D eigenvalue weighted by atomic mass is 9.97. The fraction of sp³-hybridized carbons (Fsp3) is 0.476. The van der Waals surface area contributed by atoms with Crippen LogP contribution < -0.4 is 9.80 Å². The fourth-order valence-corrected chi connectivity index (χ4v) is 4.68. The van der Waals surface area contributed by atoms with E-state index in [1.807, 2.05) is 31.4 Å². The average molecular weight is 403 g/mol. The molecule has 0 spiro atoms. The molecule has 1 saturated heterocycles. The summed E-state index contributed by atoms with van der Waals surface area (Å²) in [6.45, 7) is 8.30. The third-order valence-corrected chi connectivity index (χ3v) is 6.17. The number of aryl methyl sites for hydroxylation is 2. The molecule has 1 aliphatic heterocycles. The molecule has 0 aliphatic carbocycles. The van der Waals surface area contributed by atoms with Crippen molar-refractivity contribution in [1.82, 2.24) is 4.98 Å². The minimum Gasteiger partial charge on any atom is -0.469 e. The van der Waals surface area contributed by atoms with Crippen LogP contribution >= 0.6 is 11.3 Å². The van der Waals surface area contributed by atoms with E-state index in [0.717, 1.165) is 49.4 Å². The number of amides is 1. The van der Waals surface area contributed by atoms with E-state index in [2.05, 4.69) is 6.07 Å². The Morgan fingerprint density at radius 2 is 2.00 bits per heavy atom. The molecule has 0 bridgehead atoms. The van der Waals surface area contributed by atoms with Gasteiger partial charge in [0.15, 0.2) is 5.13 Å². The van der Waals surface area contributed by atoms with E-state index < -0.39 is 0 Å². The van der Waals surface area contributed by atoms with E-state index in [4.69, 9.17) is 9.72 Å². The van der Waals surface area contributed by atoms with Crippen molar-refractivity contribution in [3.05, 3.63) is 40.4 Å². The Bertz CT molecular complexity index is 856. The summed E-state index contributed by atoms with van der Waals surface area (Å²) in [6, 6.07) is 6.08. The van der Waals surface area contributed by atoms with Crippen molar-refractivity contribution in [2.75, 3.05) is 25.1 Å². The number of piperidine rings is 1. The highest BCUT2D eigenvalue weighted by atomic mass is 32.1. The zero-order chi connectivity index (χ0) is 20.3. The third kappa shape index (κ3) is 4.59. The molecule has 1 N–H and O–H groups in total. The topological polar surface area (TPSA) is 63.9 Å². The summed E-state index contributed by atoms with van der Waals surface area (Å²) < 4.78 is 4.86. The first-order chi connectivity index (χ1) is 13.4. The van der Waals surface area contributed by atoms with Gasteiger partial charge in [0.1, 0.15) is 12.2 Å². The van der Waals surface area contributed by atoms with Gasteiger partial charge in [-0.1, -0.05) is 17.7 Å². The fourth-order valence-electron chi connectivity index (χ4n) is 3.81. The minimum absolute atomic E-state index is 0.0254. The summed E-state index contributed by atoms with van der Waals surface area (Å²) >= 11 is 1.50. The molecule has 0 saturated carbocycles. The molecule has 0 radical (unpaired) electrons. The maximum atomic E-state index is 12.4. The smallest absolute Gasteiger partial charge is 0.309 e. The molecule has 1 fully saturated rings. The highest BCUT2D eigenvalue weighted by molar-refractivity contribution is 7.14.